The lowest BCUT2D eigenvalue weighted by molar-refractivity contribution is -0.133. The number of nitrogens with zero attached hydrogens (tertiary/aromatic N) is 2. The minimum Gasteiger partial charge on any atom is -0.294 e. The molecule has 0 aliphatic heterocycles. The monoisotopic (exact) mass is 234 g/mol. The molecule has 16 heavy (non-hydrogen) atoms. The minimum atomic E-state index is -4.29. The largest absolute Gasteiger partial charge is 0.389 e. The summed E-state index contributed by atoms with van der Waals surface area (Å²) >= 11 is 0. The molecule has 1 rings (SSSR count). The van der Waals surface area contributed by atoms with Crippen LogP contribution in [0.2, 0.25) is 0 Å². The fraction of sp³-hybridized carbons (Fsp3) is 0.600. The van der Waals surface area contributed by atoms with Crippen molar-refractivity contribution in [1.29, 1.82) is 0 Å². The number of rotatable bonds is 4. The second-order valence-electron chi connectivity index (χ2n) is 3.56. The van der Waals surface area contributed by atoms with Gasteiger partial charge in [-0.05, 0) is 6.42 Å². The molecular formula is C10H13F3N2O. The van der Waals surface area contributed by atoms with Gasteiger partial charge in [-0.1, -0.05) is 6.92 Å². The third kappa shape index (κ3) is 3.36. The molecule has 0 aromatic carbocycles. The van der Waals surface area contributed by atoms with E-state index in [-0.39, 0.29) is 0 Å². The van der Waals surface area contributed by atoms with Crippen LogP contribution in [-0.4, -0.2) is 21.7 Å². The Bertz CT molecular complexity index is 382. The molecule has 0 bridgehead atoms. The Morgan fingerprint density at radius 2 is 2.12 bits per heavy atom. The summed E-state index contributed by atoms with van der Waals surface area (Å²) in [4.78, 5) is 11.5. The van der Waals surface area contributed by atoms with E-state index in [2.05, 4.69) is 5.10 Å². The standard InChI is InChI=1S/C10H13F3N2O/c1-3-8-7(6-15(2)14-8)9(16)4-5-10(11,12)13/h6H,3-5H2,1-2H3. The number of Topliss-reactive ketones (excluding diaryl/α,β-unsaturated/α-hetero) is 1. The number of carbonyl (C=O) groups is 1. The molecule has 1 aromatic rings. The zero-order valence-corrected chi connectivity index (χ0v) is 9.14. The van der Waals surface area contributed by atoms with Crippen LogP contribution in [0, 0.1) is 0 Å². The summed E-state index contributed by atoms with van der Waals surface area (Å²) in [6, 6.07) is 0. The van der Waals surface area contributed by atoms with E-state index in [0.717, 1.165) is 0 Å². The highest BCUT2D eigenvalue weighted by Gasteiger charge is 2.28. The molecule has 90 valence electrons. The van der Waals surface area contributed by atoms with Crippen LogP contribution in [0.25, 0.3) is 0 Å². The van der Waals surface area contributed by atoms with E-state index in [4.69, 9.17) is 0 Å². The van der Waals surface area contributed by atoms with Gasteiger partial charge >= 0.3 is 6.18 Å². The predicted octanol–water partition coefficient (Wildman–Crippen LogP) is 2.51. The van der Waals surface area contributed by atoms with Crippen LogP contribution in [-0.2, 0) is 13.5 Å². The molecule has 0 saturated carbocycles. The van der Waals surface area contributed by atoms with Crippen molar-refractivity contribution in [2.24, 2.45) is 7.05 Å². The number of halogens is 3. The summed E-state index contributed by atoms with van der Waals surface area (Å²) in [6.45, 7) is 1.81. The smallest absolute Gasteiger partial charge is 0.294 e. The number of ketones is 1. The minimum absolute atomic E-state index is 0.300. The van der Waals surface area contributed by atoms with Crippen LogP contribution in [0.3, 0.4) is 0 Å². The van der Waals surface area contributed by atoms with Crippen molar-refractivity contribution in [3.05, 3.63) is 17.5 Å². The van der Waals surface area contributed by atoms with E-state index in [0.29, 0.717) is 17.7 Å². The third-order valence-electron chi connectivity index (χ3n) is 2.18. The Kier molecular flexibility index (Phi) is 3.72. The maximum absolute atomic E-state index is 11.9. The summed E-state index contributed by atoms with van der Waals surface area (Å²) in [6.07, 6.45) is -3.87. The Balaban J connectivity index is 2.73. The number of alkyl halides is 3. The van der Waals surface area contributed by atoms with Gasteiger partial charge < -0.3 is 0 Å². The lowest BCUT2D eigenvalue weighted by Crippen LogP contribution is -2.11. The molecule has 1 heterocycles. The molecule has 6 heteroatoms. The molecule has 0 saturated heterocycles. The van der Waals surface area contributed by atoms with E-state index in [1.165, 1.54) is 10.9 Å². The third-order valence-corrected chi connectivity index (χ3v) is 2.18. The first-order chi connectivity index (χ1) is 7.33. The Labute approximate surface area is 91.3 Å². The highest BCUT2D eigenvalue weighted by atomic mass is 19.4. The number of aryl methyl sites for hydroxylation is 2. The first-order valence-corrected chi connectivity index (χ1v) is 4.96. The van der Waals surface area contributed by atoms with Crippen LogP contribution in [0.4, 0.5) is 13.2 Å². The molecule has 0 aliphatic carbocycles. The van der Waals surface area contributed by atoms with Crippen LogP contribution in [0.1, 0.15) is 35.8 Å². The van der Waals surface area contributed by atoms with Gasteiger partial charge in [0.15, 0.2) is 5.78 Å². The number of hydrogen-bond acceptors (Lipinski definition) is 2. The summed E-state index contributed by atoms with van der Waals surface area (Å²) < 4.78 is 37.3. The van der Waals surface area contributed by atoms with E-state index >= 15 is 0 Å². The molecule has 0 atom stereocenters. The van der Waals surface area contributed by atoms with Gasteiger partial charge in [0.05, 0.1) is 17.7 Å². The Hall–Kier alpha value is -1.33. The van der Waals surface area contributed by atoms with E-state index in [9.17, 15) is 18.0 Å². The van der Waals surface area contributed by atoms with Crippen molar-refractivity contribution in [3.8, 4) is 0 Å². The fourth-order valence-electron chi connectivity index (χ4n) is 1.42. The average Bonchev–Trinajstić information content (AvgIpc) is 2.55. The van der Waals surface area contributed by atoms with Gasteiger partial charge in [-0.2, -0.15) is 18.3 Å². The van der Waals surface area contributed by atoms with Crippen LogP contribution >= 0.6 is 0 Å². The SMILES string of the molecule is CCc1nn(C)cc1C(=O)CCC(F)(F)F. The van der Waals surface area contributed by atoms with Gasteiger partial charge in [0.25, 0.3) is 0 Å². The molecule has 0 radical (unpaired) electrons. The zero-order valence-electron chi connectivity index (χ0n) is 9.14. The van der Waals surface area contributed by atoms with Gasteiger partial charge in [-0.25, -0.2) is 0 Å². The zero-order chi connectivity index (χ0) is 12.3. The first kappa shape index (κ1) is 12.7. The van der Waals surface area contributed by atoms with Crippen molar-refractivity contribution in [3.63, 3.8) is 0 Å². The Morgan fingerprint density at radius 1 is 1.50 bits per heavy atom. The van der Waals surface area contributed by atoms with Gasteiger partial charge in [-0.15, -0.1) is 0 Å². The lowest BCUT2D eigenvalue weighted by Gasteiger charge is -2.04. The predicted molar refractivity (Wildman–Crippen MR) is 52.2 cm³/mol. The van der Waals surface area contributed by atoms with E-state index in [1.807, 2.05) is 6.92 Å². The van der Waals surface area contributed by atoms with Crippen molar-refractivity contribution in [2.75, 3.05) is 0 Å². The summed E-state index contributed by atoms with van der Waals surface area (Å²) in [7, 11) is 1.64. The van der Waals surface area contributed by atoms with Crippen molar-refractivity contribution in [2.45, 2.75) is 32.4 Å². The summed E-state index contributed by atoms with van der Waals surface area (Å²) in [5.41, 5.74) is 0.851. The van der Waals surface area contributed by atoms with Crippen molar-refractivity contribution in [1.82, 2.24) is 9.78 Å². The van der Waals surface area contributed by atoms with Gasteiger partial charge in [0.1, 0.15) is 0 Å². The second kappa shape index (κ2) is 4.67. The normalized spacial score (nSPS) is 11.8. The fourth-order valence-corrected chi connectivity index (χ4v) is 1.42. The first-order valence-electron chi connectivity index (χ1n) is 4.96. The number of aromatic nitrogens is 2. The van der Waals surface area contributed by atoms with Gasteiger partial charge in [-0.3, -0.25) is 9.48 Å². The number of carbonyl (C=O) groups excluding carboxylic acids is 1. The summed E-state index contributed by atoms with van der Waals surface area (Å²) in [5.74, 6) is -0.498. The molecule has 0 aliphatic rings. The van der Waals surface area contributed by atoms with Gasteiger partial charge in [0.2, 0.25) is 0 Å². The van der Waals surface area contributed by atoms with Crippen molar-refractivity contribution >= 4 is 5.78 Å². The highest BCUT2D eigenvalue weighted by molar-refractivity contribution is 5.96. The molecule has 0 spiro atoms. The maximum Gasteiger partial charge on any atom is 0.389 e. The molecule has 0 amide bonds. The molecule has 0 unspecified atom stereocenters. The van der Waals surface area contributed by atoms with E-state index in [1.54, 1.807) is 7.05 Å². The summed E-state index contributed by atoms with van der Waals surface area (Å²) in [5, 5.41) is 4.01. The van der Waals surface area contributed by atoms with Crippen LogP contribution < -0.4 is 0 Å². The average molecular weight is 234 g/mol. The molecule has 1 aromatic heterocycles. The second-order valence-corrected chi connectivity index (χ2v) is 3.56. The quantitative estimate of drug-likeness (QED) is 0.750. The highest BCUT2D eigenvalue weighted by Crippen LogP contribution is 2.23. The molecular weight excluding hydrogens is 221 g/mol. The van der Waals surface area contributed by atoms with Crippen LogP contribution in [0.15, 0.2) is 6.20 Å². The molecule has 3 nitrogen and oxygen atoms in total. The Morgan fingerprint density at radius 3 is 2.62 bits per heavy atom. The van der Waals surface area contributed by atoms with Crippen LogP contribution in [0.5, 0.6) is 0 Å². The molecule has 0 fully saturated rings. The van der Waals surface area contributed by atoms with Crippen molar-refractivity contribution < 1.29 is 18.0 Å². The van der Waals surface area contributed by atoms with E-state index < -0.39 is 24.8 Å². The topological polar surface area (TPSA) is 34.9 Å². The molecule has 0 N–H and O–H groups in total. The number of hydrogen-bond donors (Lipinski definition) is 0. The maximum atomic E-state index is 11.9. The van der Waals surface area contributed by atoms with Gasteiger partial charge in [0, 0.05) is 19.7 Å². The lowest BCUT2D eigenvalue weighted by atomic mass is 10.1.